The maximum Gasteiger partial charge on any atom is 0.331 e. The minimum absolute atomic E-state index is 0. The third kappa shape index (κ3) is 7.51. The number of nitrogens with one attached hydrogen (secondary N) is 1. The maximum absolute atomic E-state index is 12.9. The van der Waals surface area contributed by atoms with Crippen LogP contribution in [0.2, 0.25) is 0 Å². The molecule has 4 rings (SSSR count). The average Bonchev–Trinajstić information content (AvgIpc) is 2.91. The van der Waals surface area contributed by atoms with Crippen LogP contribution in [0.1, 0.15) is 45.8 Å². The second-order valence-corrected chi connectivity index (χ2v) is 9.17. The molecule has 0 atom stereocenters. The minimum Gasteiger partial charge on any atom is -0.399 e. The molecule has 2 aromatic carbocycles. The Morgan fingerprint density at radius 3 is 2.49 bits per heavy atom. The SMILES string of the molecule is CC(=O)c1cccc(NO)c1.COCCn1c(=O)c2cc(N)ccc2n(CCCN2CCCCC2)c1=O.[HH].[HH]. The largest absolute Gasteiger partial charge is 0.399 e. The number of ether oxygens (including phenoxy) is 1. The van der Waals surface area contributed by atoms with Gasteiger partial charge in [0.1, 0.15) is 0 Å². The Morgan fingerprint density at radius 2 is 1.81 bits per heavy atom. The molecule has 0 saturated carbocycles. The Bertz CT molecular complexity index is 1320. The number of hydrogen-bond acceptors (Lipinski definition) is 8. The number of fused-ring (bicyclic) bond motifs is 1. The topological polar surface area (TPSA) is 132 Å². The van der Waals surface area contributed by atoms with Crippen LogP contribution in [-0.4, -0.2) is 58.4 Å². The van der Waals surface area contributed by atoms with E-state index < -0.39 is 0 Å². The van der Waals surface area contributed by atoms with Gasteiger partial charge in [0, 0.05) is 27.8 Å². The fourth-order valence-corrected chi connectivity index (χ4v) is 4.48. The lowest BCUT2D eigenvalue weighted by molar-refractivity contribution is 0.101. The highest BCUT2D eigenvalue weighted by atomic mass is 16.5. The van der Waals surface area contributed by atoms with Crippen LogP contribution in [0.15, 0.2) is 52.1 Å². The number of aryl methyl sites for hydroxylation is 1. The molecule has 3 aromatic rings. The number of carbonyl (C=O) groups is 1. The zero-order valence-corrected chi connectivity index (χ0v) is 21.6. The second-order valence-electron chi connectivity index (χ2n) is 9.17. The van der Waals surface area contributed by atoms with Gasteiger partial charge in [-0.2, -0.15) is 0 Å². The van der Waals surface area contributed by atoms with Gasteiger partial charge >= 0.3 is 5.69 Å². The van der Waals surface area contributed by atoms with E-state index >= 15 is 0 Å². The predicted octanol–water partition coefficient (Wildman–Crippen LogP) is 3.45. The first-order chi connectivity index (χ1) is 17.8. The lowest BCUT2D eigenvalue weighted by Crippen LogP contribution is -2.41. The number of hydrogen-bond donors (Lipinski definition) is 3. The first-order valence-electron chi connectivity index (χ1n) is 12.6. The van der Waals surface area contributed by atoms with Gasteiger partial charge < -0.3 is 15.4 Å². The Balaban J connectivity index is 0.000000497. The molecular formula is C27H41N5O5. The summed E-state index contributed by atoms with van der Waals surface area (Å²) in [4.78, 5) is 38.9. The van der Waals surface area contributed by atoms with Crippen molar-refractivity contribution in [2.75, 3.05) is 44.6 Å². The molecule has 0 amide bonds. The molecule has 0 unspecified atom stereocenters. The van der Waals surface area contributed by atoms with Gasteiger partial charge in [-0.1, -0.05) is 18.6 Å². The van der Waals surface area contributed by atoms with Gasteiger partial charge in [0.15, 0.2) is 5.78 Å². The van der Waals surface area contributed by atoms with E-state index in [2.05, 4.69) is 4.90 Å². The quantitative estimate of drug-likeness (QED) is 0.224. The predicted molar refractivity (Wildman–Crippen MR) is 150 cm³/mol. The molecule has 1 aromatic heterocycles. The van der Waals surface area contributed by atoms with Gasteiger partial charge in [-0.25, -0.2) is 4.79 Å². The second kappa shape index (κ2) is 13.7. The molecule has 0 bridgehead atoms. The monoisotopic (exact) mass is 515 g/mol. The number of nitrogen functional groups attached to an aromatic ring is 1. The molecule has 0 aliphatic carbocycles. The molecule has 204 valence electrons. The van der Waals surface area contributed by atoms with Gasteiger partial charge in [-0.3, -0.25) is 29.4 Å². The van der Waals surface area contributed by atoms with E-state index in [-0.39, 0.29) is 26.4 Å². The molecule has 10 heteroatoms. The van der Waals surface area contributed by atoms with E-state index in [1.54, 1.807) is 54.1 Å². The summed E-state index contributed by atoms with van der Waals surface area (Å²) in [5, 5.41) is 8.97. The zero-order valence-electron chi connectivity index (χ0n) is 21.6. The van der Waals surface area contributed by atoms with Crippen LogP contribution in [0.4, 0.5) is 11.4 Å². The van der Waals surface area contributed by atoms with Crippen LogP contribution >= 0.6 is 0 Å². The molecular weight excluding hydrogens is 474 g/mol. The highest BCUT2D eigenvalue weighted by Crippen LogP contribution is 2.14. The van der Waals surface area contributed by atoms with Crippen molar-refractivity contribution in [1.29, 1.82) is 0 Å². The molecule has 10 nitrogen and oxygen atoms in total. The number of aromatic nitrogens is 2. The van der Waals surface area contributed by atoms with Crippen molar-refractivity contribution in [3.05, 3.63) is 68.9 Å². The Labute approximate surface area is 219 Å². The summed E-state index contributed by atoms with van der Waals surface area (Å²) < 4.78 is 8.01. The Hall–Kier alpha value is -3.47. The molecule has 1 aliphatic heterocycles. The van der Waals surface area contributed by atoms with E-state index in [4.69, 9.17) is 15.7 Å². The van der Waals surface area contributed by atoms with Crippen LogP contribution < -0.4 is 22.5 Å². The van der Waals surface area contributed by atoms with Crippen molar-refractivity contribution >= 4 is 28.1 Å². The number of benzene rings is 2. The molecule has 1 aliphatic rings. The minimum atomic E-state index is -0.304. The maximum atomic E-state index is 12.9. The van der Waals surface area contributed by atoms with Crippen molar-refractivity contribution in [3.8, 4) is 0 Å². The number of carbonyl (C=O) groups excluding carboxylic acids is 1. The molecule has 0 spiro atoms. The van der Waals surface area contributed by atoms with E-state index in [9.17, 15) is 14.4 Å². The van der Waals surface area contributed by atoms with Gasteiger partial charge in [-0.05, 0) is 76.2 Å². The van der Waals surface area contributed by atoms with Crippen LogP contribution in [0.5, 0.6) is 0 Å². The number of piperidine rings is 1. The van der Waals surface area contributed by atoms with Gasteiger partial charge in [0.25, 0.3) is 5.56 Å². The van der Waals surface area contributed by atoms with Crippen molar-refractivity contribution in [3.63, 3.8) is 0 Å². The zero-order chi connectivity index (χ0) is 26.8. The van der Waals surface area contributed by atoms with Crippen molar-refractivity contribution in [1.82, 2.24) is 14.0 Å². The van der Waals surface area contributed by atoms with E-state index in [0.29, 0.717) is 41.0 Å². The van der Waals surface area contributed by atoms with Crippen molar-refractivity contribution in [2.45, 2.75) is 45.7 Å². The first kappa shape index (κ1) is 28.1. The number of nitrogens with zero attached hydrogens (tertiary/aromatic N) is 3. The number of likely N-dealkylation sites (tertiary alicyclic amines) is 1. The number of Topliss-reactive ketones (excluding diaryl/α,β-unsaturated/α-hetero) is 1. The lowest BCUT2D eigenvalue weighted by atomic mass is 10.1. The van der Waals surface area contributed by atoms with Crippen molar-refractivity contribution in [2.24, 2.45) is 0 Å². The molecule has 2 heterocycles. The summed E-state index contributed by atoms with van der Waals surface area (Å²) in [7, 11) is 1.56. The normalized spacial score (nSPS) is 13.7. The van der Waals surface area contributed by atoms with Crippen LogP contribution in [-0.2, 0) is 17.8 Å². The number of anilines is 2. The number of nitrogens with two attached hydrogens (primary N) is 1. The Morgan fingerprint density at radius 1 is 1.05 bits per heavy atom. The summed E-state index contributed by atoms with van der Waals surface area (Å²) in [6.45, 7) is 5.88. The van der Waals surface area contributed by atoms with Crippen LogP contribution in [0.25, 0.3) is 10.9 Å². The van der Waals surface area contributed by atoms with E-state index in [0.717, 1.165) is 26.1 Å². The highest BCUT2D eigenvalue weighted by Gasteiger charge is 2.14. The molecule has 4 N–H and O–H groups in total. The summed E-state index contributed by atoms with van der Waals surface area (Å²) in [6, 6.07) is 11.8. The number of methoxy groups -OCH3 is 1. The van der Waals surface area contributed by atoms with E-state index in [1.165, 1.54) is 30.8 Å². The number of rotatable bonds is 9. The fraction of sp³-hybridized carbons (Fsp3) is 0.444. The fourth-order valence-electron chi connectivity index (χ4n) is 4.48. The van der Waals surface area contributed by atoms with Crippen molar-refractivity contribution < 1.29 is 17.6 Å². The summed E-state index contributed by atoms with van der Waals surface area (Å²) in [6.07, 6.45) is 4.70. The first-order valence-corrected chi connectivity index (χ1v) is 12.6. The van der Waals surface area contributed by atoms with Gasteiger partial charge in [-0.15, -0.1) is 0 Å². The van der Waals surface area contributed by atoms with Gasteiger partial charge in [0.05, 0.1) is 29.7 Å². The molecule has 1 saturated heterocycles. The lowest BCUT2D eigenvalue weighted by Gasteiger charge is -2.26. The summed E-state index contributed by atoms with van der Waals surface area (Å²) in [5.74, 6) is -0.0119. The van der Waals surface area contributed by atoms with Gasteiger partial charge in [0.2, 0.25) is 0 Å². The standard InChI is InChI=1S/C19H28N4O3.C8H9NO2.2H2/c1-26-13-12-23-18(24)16-14-15(20)6-7-17(16)22(19(23)25)11-5-10-21-8-3-2-4-9-21;1-6(10)7-3-2-4-8(5-7)9-11;;/h6-7,14H,2-5,8-13,20H2,1H3;2-5,9,11H,1H3;2*1H. The Kier molecular flexibility index (Phi) is 10.4. The molecule has 0 radical (unpaired) electrons. The van der Waals surface area contributed by atoms with E-state index in [1.807, 2.05) is 5.48 Å². The summed E-state index contributed by atoms with van der Waals surface area (Å²) >= 11 is 0. The smallest absolute Gasteiger partial charge is 0.331 e. The molecule has 1 fully saturated rings. The molecule has 37 heavy (non-hydrogen) atoms. The van der Waals surface area contributed by atoms with Crippen LogP contribution in [0, 0.1) is 0 Å². The third-order valence-corrected chi connectivity index (χ3v) is 6.47. The highest BCUT2D eigenvalue weighted by molar-refractivity contribution is 5.94. The average molecular weight is 516 g/mol. The third-order valence-electron chi connectivity index (χ3n) is 6.47. The van der Waals surface area contributed by atoms with Crippen LogP contribution in [0.3, 0.4) is 0 Å². The number of ketones is 1. The summed E-state index contributed by atoms with van der Waals surface area (Å²) in [5.41, 5.74) is 9.54.